The Hall–Kier alpha value is -1.12. The van der Waals surface area contributed by atoms with E-state index in [0.29, 0.717) is 5.82 Å². The maximum Gasteiger partial charge on any atom is 0.149 e. The number of anilines is 1. The Morgan fingerprint density at radius 2 is 2.09 bits per heavy atom. The summed E-state index contributed by atoms with van der Waals surface area (Å²) in [6.07, 6.45) is 1.49. The van der Waals surface area contributed by atoms with Gasteiger partial charge in [0.05, 0.1) is 6.20 Å². The van der Waals surface area contributed by atoms with E-state index in [2.05, 4.69) is 15.4 Å². The van der Waals surface area contributed by atoms with Gasteiger partial charge in [-0.3, -0.25) is 4.21 Å². The summed E-state index contributed by atoms with van der Waals surface area (Å²) in [5, 5.41) is 10.1. The fraction of sp³-hybridized carbons (Fsp3) is 0. The van der Waals surface area contributed by atoms with Crippen LogP contribution in [0.15, 0.2) is 12.3 Å². The van der Waals surface area contributed by atoms with Crippen molar-refractivity contribution in [1.29, 1.82) is 0 Å². The van der Waals surface area contributed by atoms with Crippen molar-refractivity contribution in [3.63, 3.8) is 0 Å². The molecule has 0 saturated heterocycles. The molecule has 0 fully saturated rings. The fourth-order valence-electron chi connectivity index (χ4n) is 0.250. The van der Waals surface area contributed by atoms with Crippen LogP contribution < -0.4 is 5.73 Å². The molecule has 0 radical (unpaired) electrons. The summed E-state index contributed by atoms with van der Waals surface area (Å²) in [6.45, 7) is 0. The van der Waals surface area contributed by atoms with Gasteiger partial charge >= 0.3 is 0 Å². The fourth-order valence-corrected chi connectivity index (χ4v) is 0.250. The zero-order valence-corrected chi connectivity index (χ0v) is 6.02. The number of rotatable bonds is 0. The molecule has 0 aliphatic carbocycles. The maximum absolute atomic E-state index is 8.44. The highest BCUT2D eigenvalue weighted by molar-refractivity contribution is 7.72. The lowest BCUT2D eigenvalue weighted by Crippen LogP contribution is -1.91. The minimum Gasteiger partial charge on any atom is -0.784 e. The predicted octanol–water partition coefficient (Wildman–Crippen LogP) is -1.55. The lowest BCUT2D eigenvalue weighted by Gasteiger charge is -2.03. The maximum atomic E-state index is 8.44. The number of aromatic nitrogens is 3. The number of hydrogen-bond acceptors (Lipinski definition) is 7. The molecule has 1 heterocycles. The molecule has 0 bridgehead atoms. The van der Waals surface area contributed by atoms with Crippen molar-refractivity contribution in [3.8, 4) is 0 Å². The third kappa shape index (κ3) is 8.88. The summed E-state index contributed by atoms with van der Waals surface area (Å²) < 4.78 is 25.3. The first-order valence-electron chi connectivity index (χ1n) is 2.29. The van der Waals surface area contributed by atoms with Crippen molar-refractivity contribution in [2.45, 2.75) is 0 Å². The van der Waals surface area contributed by atoms with Gasteiger partial charge in [-0.05, 0) is 5.21 Å². The monoisotopic (exact) mass is 176 g/mol. The van der Waals surface area contributed by atoms with E-state index in [9.17, 15) is 0 Å². The average Bonchev–Trinajstić information content (AvgIpc) is 1.87. The standard InChI is InChI=1S/C3H4N4.H2O3S/c4-3-1-2-5-7-6-3;1-4(2)3/h1-2H,(H2,4,5,6);(H2,1,2,3)/p-2. The smallest absolute Gasteiger partial charge is 0.149 e. The molecule has 0 aliphatic heterocycles. The van der Waals surface area contributed by atoms with Crippen LogP contribution in [0, 0.1) is 0 Å². The van der Waals surface area contributed by atoms with Gasteiger partial charge < -0.3 is 14.8 Å². The van der Waals surface area contributed by atoms with E-state index in [4.69, 9.17) is 19.0 Å². The van der Waals surface area contributed by atoms with Crippen molar-refractivity contribution >= 4 is 17.2 Å². The highest BCUT2D eigenvalue weighted by Gasteiger charge is 1.76. The Morgan fingerprint density at radius 3 is 2.27 bits per heavy atom. The van der Waals surface area contributed by atoms with Crippen molar-refractivity contribution in [3.05, 3.63) is 12.3 Å². The zero-order chi connectivity index (χ0) is 8.69. The number of nitrogens with zero attached hydrogens (tertiary/aromatic N) is 3. The molecule has 0 saturated carbocycles. The van der Waals surface area contributed by atoms with Gasteiger partial charge in [-0.25, -0.2) is 0 Å². The molecule has 2 N–H and O–H groups in total. The van der Waals surface area contributed by atoms with E-state index in [-0.39, 0.29) is 0 Å². The largest absolute Gasteiger partial charge is 0.784 e. The Kier molecular flexibility index (Phi) is 5.07. The van der Waals surface area contributed by atoms with E-state index in [1.54, 1.807) is 6.07 Å². The lowest BCUT2D eigenvalue weighted by atomic mass is 10.6. The van der Waals surface area contributed by atoms with Crippen molar-refractivity contribution < 1.29 is 13.3 Å². The van der Waals surface area contributed by atoms with Crippen molar-refractivity contribution in [2.24, 2.45) is 0 Å². The van der Waals surface area contributed by atoms with Crippen molar-refractivity contribution in [1.82, 2.24) is 15.4 Å². The topological polar surface area (TPSA) is 128 Å². The number of nitrogens with two attached hydrogens (primary N) is 1. The molecule has 1 aromatic rings. The zero-order valence-electron chi connectivity index (χ0n) is 5.21. The molecule has 62 valence electrons. The molecule has 1 aromatic heterocycles. The Bertz CT molecular complexity index is 213. The Balaban J connectivity index is 0.000000218. The van der Waals surface area contributed by atoms with Gasteiger partial charge in [0.25, 0.3) is 0 Å². The SMILES string of the molecule is Nc1ccnnn1.O=S([O-])[O-]. The minimum absolute atomic E-state index is 0.398. The second kappa shape index (κ2) is 5.65. The second-order valence-corrected chi connectivity index (χ2v) is 1.66. The van der Waals surface area contributed by atoms with E-state index in [1.807, 2.05) is 0 Å². The van der Waals surface area contributed by atoms with Crippen LogP contribution in [-0.4, -0.2) is 28.7 Å². The number of hydrogen-bond donors (Lipinski definition) is 1. The third-order valence-electron chi connectivity index (χ3n) is 0.524. The van der Waals surface area contributed by atoms with E-state index >= 15 is 0 Å². The van der Waals surface area contributed by atoms with E-state index < -0.39 is 11.4 Å². The van der Waals surface area contributed by atoms with Crippen LogP contribution in [0.4, 0.5) is 5.82 Å². The molecule has 0 unspecified atom stereocenters. The summed E-state index contributed by atoms with van der Waals surface area (Å²) in [7, 11) is 0. The average molecular weight is 176 g/mol. The molecule has 7 nitrogen and oxygen atoms in total. The first kappa shape index (κ1) is 9.88. The molecule has 1 rings (SSSR count). The highest BCUT2D eigenvalue weighted by atomic mass is 32.2. The van der Waals surface area contributed by atoms with Gasteiger partial charge in [0.2, 0.25) is 0 Å². The minimum atomic E-state index is -3.11. The highest BCUT2D eigenvalue weighted by Crippen LogP contribution is 1.83. The van der Waals surface area contributed by atoms with Crippen LogP contribution >= 0.6 is 0 Å². The first-order valence-corrected chi connectivity index (χ1v) is 3.29. The van der Waals surface area contributed by atoms with Crippen LogP contribution in [0.1, 0.15) is 0 Å². The molecular weight excluding hydrogens is 172 g/mol. The molecule has 0 aromatic carbocycles. The normalized spacial score (nSPS) is 8.64. The first-order chi connectivity index (χ1) is 5.13. The van der Waals surface area contributed by atoms with E-state index in [1.165, 1.54) is 6.20 Å². The van der Waals surface area contributed by atoms with Gasteiger partial charge in [0.1, 0.15) is 5.82 Å². The predicted molar refractivity (Wildman–Crippen MR) is 33.9 cm³/mol. The molecule has 11 heavy (non-hydrogen) atoms. The van der Waals surface area contributed by atoms with Gasteiger partial charge in [-0.2, -0.15) is 0 Å². The van der Waals surface area contributed by atoms with Gasteiger partial charge in [-0.1, -0.05) is 0 Å². The summed E-state index contributed by atoms with van der Waals surface area (Å²) in [6, 6.07) is 1.58. The van der Waals surface area contributed by atoms with Crippen LogP contribution in [0.5, 0.6) is 0 Å². The van der Waals surface area contributed by atoms with Crippen molar-refractivity contribution in [2.75, 3.05) is 5.73 Å². The lowest BCUT2D eigenvalue weighted by molar-refractivity contribution is 0.419. The summed E-state index contributed by atoms with van der Waals surface area (Å²) in [5.41, 5.74) is 5.14. The summed E-state index contributed by atoms with van der Waals surface area (Å²) in [4.78, 5) is 0. The summed E-state index contributed by atoms with van der Waals surface area (Å²) in [5.74, 6) is 0.398. The molecule has 8 heteroatoms. The van der Waals surface area contributed by atoms with Crippen LogP contribution in [0.2, 0.25) is 0 Å². The third-order valence-corrected chi connectivity index (χ3v) is 0.524. The van der Waals surface area contributed by atoms with Crippen LogP contribution in [0.25, 0.3) is 0 Å². The molecule has 0 amide bonds. The Labute approximate surface area is 64.8 Å². The van der Waals surface area contributed by atoms with Crippen LogP contribution in [0.3, 0.4) is 0 Å². The van der Waals surface area contributed by atoms with Gasteiger partial charge in [0, 0.05) is 6.07 Å². The number of nitrogen functional groups attached to an aromatic ring is 1. The van der Waals surface area contributed by atoms with E-state index in [0.717, 1.165) is 0 Å². The quantitative estimate of drug-likeness (QED) is 0.473. The Morgan fingerprint density at radius 1 is 1.55 bits per heavy atom. The van der Waals surface area contributed by atoms with Gasteiger partial charge in [0.15, 0.2) is 0 Å². The van der Waals surface area contributed by atoms with Crippen LogP contribution in [-0.2, 0) is 11.4 Å². The summed E-state index contributed by atoms with van der Waals surface area (Å²) >= 11 is -3.11. The molecule has 0 atom stereocenters. The second-order valence-electron chi connectivity index (χ2n) is 1.25. The molecule has 0 spiro atoms. The molecular formula is C3H4N4O3S-2. The molecule has 0 aliphatic rings. The van der Waals surface area contributed by atoms with Gasteiger partial charge in [-0.15, -0.1) is 21.6 Å².